The number of aryl methyl sites for hydroxylation is 1. The third kappa shape index (κ3) is 3.24. The van der Waals surface area contributed by atoms with E-state index >= 15 is 0 Å². The van der Waals surface area contributed by atoms with Crippen LogP contribution in [-0.4, -0.2) is 60.1 Å². The molecule has 0 N–H and O–H groups in total. The van der Waals surface area contributed by atoms with E-state index in [0.717, 1.165) is 48.8 Å². The van der Waals surface area contributed by atoms with Gasteiger partial charge in [-0.2, -0.15) is 10.2 Å². The van der Waals surface area contributed by atoms with E-state index in [4.69, 9.17) is 0 Å². The van der Waals surface area contributed by atoms with Crippen molar-refractivity contribution >= 4 is 45.6 Å². The normalized spacial score (nSPS) is 15.4. The fraction of sp³-hybridized carbons (Fsp3) is 0.294. The average molecular weight is 507 g/mol. The van der Waals surface area contributed by atoms with Crippen molar-refractivity contribution in [2.45, 2.75) is 0 Å². The van der Waals surface area contributed by atoms with Crippen molar-refractivity contribution in [1.29, 1.82) is 0 Å². The lowest BCUT2D eigenvalue weighted by Gasteiger charge is -2.34. The summed E-state index contributed by atoms with van der Waals surface area (Å²) in [5.41, 5.74) is 4.49. The van der Waals surface area contributed by atoms with E-state index in [-0.39, 0.29) is 0 Å². The summed E-state index contributed by atoms with van der Waals surface area (Å²) in [6, 6.07) is 4.27. The third-order valence-electron chi connectivity index (χ3n) is 5.00. The van der Waals surface area contributed by atoms with Crippen LogP contribution in [0.2, 0.25) is 0 Å². The molecule has 0 bridgehead atoms. The summed E-state index contributed by atoms with van der Waals surface area (Å²) in [6.45, 7) is 3.65. The summed E-state index contributed by atoms with van der Waals surface area (Å²) in [6.07, 6.45) is 10.3. The molecule has 5 rings (SSSR count). The summed E-state index contributed by atoms with van der Waals surface area (Å²) < 4.78 is 5.65. The summed E-state index contributed by atoms with van der Waals surface area (Å²) in [5, 5.41) is 13.4. The first-order valence-electron chi connectivity index (χ1n) is 8.96. The molecular weight excluding hydrogens is 488 g/mol. The minimum Gasteiger partial charge on any atom is -0.365 e. The molecule has 9 nitrogen and oxygen atoms in total. The van der Waals surface area contributed by atoms with E-state index in [2.05, 4.69) is 70.5 Å². The highest BCUT2D eigenvalue weighted by Crippen LogP contribution is 2.27. The van der Waals surface area contributed by atoms with E-state index in [9.17, 15) is 0 Å². The van der Waals surface area contributed by atoms with Gasteiger partial charge in [-0.1, -0.05) is 6.07 Å². The number of fused-ring (bicyclic) bond motifs is 1. The molecule has 144 valence electrons. The molecule has 5 heterocycles. The number of pyridine rings is 1. The van der Waals surface area contributed by atoms with Crippen molar-refractivity contribution < 1.29 is 0 Å². The minimum atomic E-state index is 0.580. The topological polar surface area (TPSA) is 72.3 Å². The number of rotatable bonds is 4. The number of anilines is 2. The fourth-order valence-electron chi connectivity index (χ4n) is 3.54. The largest absolute Gasteiger partial charge is 0.365 e. The third-order valence-corrected chi connectivity index (χ3v) is 6.88. The van der Waals surface area contributed by atoms with Crippen molar-refractivity contribution in [2.24, 2.45) is 7.05 Å². The van der Waals surface area contributed by atoms with Gasteiger partial charge in [0, 0.05) is 56.7 Å². The van der Waals surface area contributed by atoms with Crippen LogP contribution in [0.1, 0.15) is 0 Å². The van der Waals surface area contributed by atoms with E-state index in [1.54, 1.807) is 6.33 Å². The lowest BCUT2D eigenvalue weighted by molar-refractivity contribution is 0.641. The highest BCUT2D eigenvalue weighted by atomic mass is 127. The predicted octanol–water partition coefficient (Wildman–Crippen LogP) is 2.44. The van der Waals surface area contributed by atoms with Crippen LogP contribution in [0.25, 0.3) is 16.6 Å². The first kappa shape index (κ1) is 17.9. The van der Waals surface area contributed by atoms with E-state index in [1.165, 1.54) is 5.69 Å². The SMILES string of the molecule is Cn1cc(-c2ccc3c(N4CCN(c5ncn(PI)n5)CC4)cnn3c2)cn1. The second-order valence-electron chi connectivity index (χ2n) is 6.73. The zero-order valence-electron chi connectivity index (χ0n) is 15.3. The summed E-state index contributed by atoms with van der Waals surface area (Å²) in [5.74, 6) is 0.824. The Balaban J connectivity index is 1.34. The van der Waals surface area contributed by atoms with Gasteiger partial charge < -0.3 is 9.80 Å². The highest BCUT2D eigenvalue weighted by molar-refractivity contribution is 14.2. The zero-order valence-corrected chi connectivity index (χ0v) is 18.4. The Morgan fingerprint density at radius 3 is 2.50 bits per heavy atom. The molecule has 0 saturated carbocycles. The fourth-order valence-corrected chi connectivity index (χ4v) is 4.47. The molecule has 1 aliphatic heterocycles. The number of hydrogen-bond donors (Lipinski definition) is 0. The van der Waals surface area contributed by atoms with Crippen LogP contribution in [0.3, 0.4) is 0 Å². The maximum atomic E-state index is 4.58. The summed E-state index contributed by atoms with van der Waals surface area (Å²) >= 11 is 2.31. The van der Waals surface area contributed by atoms with E-state index < -0.39 is 0 Å². The van der Waals surface area contributed by atoms with Crippen LogP contribution in [0, 0.1) is 0 Å². The Hall–Kier alpha value is -2.20. The Morgan fingerprint density at radius 1 is 0.964 bits per heavy atom. The Morgan fingerprint density at radius 2 is 1.79 bits per heavy atom. The second kappa shape index (κ2) is 7.32. The van der Waals surface area contributed by atoms with Gasteiger partial charge in [0.1, 0.15) is 6.33 Å². The second-order valence-corrected chi connectivity index (χ2v) is 8.80. The van der Waals surface area contributed by atoms with Gasteiger partial charge in [0.05, 0.1) is 30.0 Å². The summed E-state index contributed by atoms with van der Waals surface area (Å²) in [4.78, 5) is 9.06. The van der Waals surface area contributed by atoms with Crippen molar-refractivity contribution in [3.05, 3.63) is 43.2 Å². The van der Waals surface area contributed by atoms with Crippen LogP contribution < -0.4 is 9.80 Å². The van der Waals surface area contributed by atoms with Crippen LogP contribution in [0.15, 0.2) is 43.2 Å². The number of aromatic nitrogens is 7. The number of nitrogens with zero attached hydrogens (tertiary/aromatic N) is 9. The monoisotopic (exact) mass is 507 g/mol. The van der Waals surface area contributed by atoms with Crippen molar-refractivity contribution in [3.63, 3.8) is 0 Å². The smallest absolute Gasteiger partial charge is 0.245 e. The molecule has 0 spiro atoms. The number of hydrogen-bond acceptors (Lipinski definition) is 6. The van der Waals surface area contributed by atoms with E-state index in [0.29, 0.717) is 6.37 Å². The summed E-state index contributed by atoms with van der Waals surface area (Å²) in [7, 11) is 1.93. The highest BCUT2D eigenvalue weighted by Gasteiger charge is 2.22. The number of piperazine rings is 1. The first-order chi connectivity index (χ1) is 13.7. The first-order valence-corrected chi connectivity index (χ1v) is 13.0. The average Bonchev–Trinajstić information content (AvgIpc) is 3.47. The predicted molar refractivity (Wildman–Crippen MR) is 120 cm³/mol. The molecule has 11 heteroatoms. The lowest BCUT2D eigenvalue weighted by Crippen LogP contribution is -2.47. The maximum absolute atomic E-state index is 4.58. The molecule has 1 aliphatic rings. The molecule has 1 atom stereocenters. The van der Waals surface area contributed by atoms with Crippen molar-refractivity contribution in [2.75, 3.05) is 36.0 Å². The van der Waals surface area contributed by atoms with Gasteiger partial charge in [-0.3, -0.25) is 4.68 Å². The molecule has 1 saturated heterocycles. The molecule has 1 unspecified atom stereocenters. The van der Waals surface area contributed by atoms with Gasteiger partial charge in [0.25, 0.3) is 0 Å². The molecule has 0 radical (unpaired) electrons. The van der Waals surface area contributed by atoms with Crippen molar-refractivity contribution in [3.8, 4) is 11.1 Å². The molecule has 0 aromatic carbocycles. The van der Waals surface area contributed by atoms with Gasteiger partial charge >= 0.3 is 0 Å². The Kier molecular flexibility index (Phi) is 4.67. The van der Waals surface area contributed by atoms with Crippen LogP contribution in [-0.2, 0) is 7.05 Å². The van der Waals surface area contributed by atoms with Gasteiger partial charge in [0.2, 0.25) is 5.95 Å². The quantitative estimate of drug-likeness (QED) is 0.312. The number of halogens is 1. The van der Waals surface area contributed by atoms with Gasteiger partial charge in [-0.15, -0.1) is 5.10 Å². The van der Waals surface area contributed by atoms with Crippen LogP contribution >= 0.6 is 28.4 Å². The Labute approximate surface area is 176 Å². The maximum Gasteiger partial charge on any atom is 0.245 e. The minimum absolute atomic E-state index is 0.580. The molecule has 0 amide bonds. The van der Waals surface area contributed by atoms with Gasteiger partial charge in [-0.25, -0.2) is 14.0 Å². The molecular formula is C17H19IN9P. The van der Waals surface area contributed by atoms with Gasteiger partial charge in [-0.05, 0) is 28.1 Å². The molecule has 1 fully saturated rings. The van der Waals surface area contributed by atoms with Crippen LogP contribution in [0.5, 0.6) is 0 Å². The molecule has 4 aromatic heterocycles. The lowest BCUT2D eigenvalue weighted by atomic mass is 10.1. The van der Waals surface area contributed by atoms with Gasteiger partial charge in [0.15, 0.2) is 0 Å². The molecule has 0 aliphatic carbocycles. The standard InChI is InChI=1S/C17H19IN9P/c1-23-10-14(8-20-23)13-2-3-15-16(9-21-26(15)11-13)24-4-6-25(7-5-24)17-19-12-27(22-17)28-18/h2-3,8-12,28H,4-7H2,1H3. The van der Waals surface area contributed by atoms with Crippen molar-refractivity contribution in [1.82, 2.24) is 33.9 Å². The van der Waals surface area contributed by atoms with Crippen LogP contribution in [0.4, 0.5) is 11.6 Å². The zero-order chi connectivity index (χ0) is 19.1. The molecule has 4 aromatic rings. The molecule has 28 heavy (non-hydrogen) atoms. The van der Waals surface area contributed by atoms with E-state index in [1.807, 2.05) is 39.3 Å². The Bertz CT molecular complexity index is 1110.